The predicted molar refractivity (Wildman–Crippen MR) is 189 cm³/mol. The molecule has 2 atom stereocenters. The van der Waals surface area contributed by atoms with Crippen molar-refractivity contribution in [1.29, 1.82) is 0 Å². The molecule has 5 rings (SSSR count). The molecule has 0 unspecified atom stereocenters. The Bertz CT molecular complexity index is 2130. The first-order chi connectivity index (χ1) is 23.9. The zero-order valence-corrected chi connectivity index (χ0v) is 30.1. The Morgan fingerprint density at radius 1 is 1.18 bits per heavy atom. The molecule has 1 saturated heterocycles. The van der Waals surface area contributed by atoms with Crippen LogP contribution in [0.15, 0.2) is 41.3 Å². The highest BCUT2D eigenvalue weighted by Gasteiger charge is 2.44. The minimum absolute atomic E-state index is 0.0625. The second-order valence-corrected chi connectivity index (χ2v) is 14.0. The van der Waals surface area contributed by atoms with Crippen LogP contribution < -0.4 is 15.2 Å². The summed E-state index contributed by atoms with van der Waals surface area (Å²) >= 11 is 6.83. The molecule has 4 aromatic rings. The molecule has 1 amide bonds. The highest BCUT2D eigenvalue weighted by molar-refractivity contribution is 6.34. The average Bonchev–Trinajstić information content (AvgIpc) is 3.03. The quantitative estimate of drug-likeness (QED) is 0.163. The van der Waals surface area contributed by atoms with Crippen LogP contribution in [-0.2, 0) is 9.53 Å². The molecule has 270 valence electrons. The van der Waals surface area contributed by atoms with Gasteiger partial charge in [-0.25, -0.2) is 19.0 Å². The first-order valence-corrected chi connectivity index (χ1v) is 16.5. The van der Waals surface area contributed by atoms with E-state index in [1.807, 2.05) is 13.8 Å². The number of methoxy groups -OCH3 is 1. The molecule has 1 fully saturated rings. The lowest BCUT2D eigenvalue weighted by molar-refractivity contribution is -0.385. The van der Waals surface area contributed by atoms with E-state index in [9.17, 15) is 29.6 Å². The molecule has 16 heteroatoms. The van der Waals surface area contributed by atoms with E-state index in [2.05, 4.69) is 4.98 Å². The van der Waals surface area contributed by atoms with Crippen molar-refractivity contribution in [3.8, 4) is 22.7 Å². The van der Waals surface area contributed by atoms with Crippen LogP contribution >= 0.6 is 11.6 Å². The van der Waals surface area contributed by atoms with Crippen LogP contribution in [0.5, 0.6) is 5.75 Å². The zero-order valence-electron chi connectivity index (χ0n) is 29.4. The molecule has 51 heavy (non-hydrogen) atoms. The Hall–Kier alpha value is -5.31. The summed E-state index contributed by atoms with van der Waals surface area (Å²) < 4.78 is 27.5. The summed E-state index contributed by atoms with van der Waals surface area (Å²) in [5.41, 5.74) is -2.58. The van der Waals surface area contributed by atoms with Crippen molar-refractivity contribution in [2.45, 2.75) is 72.1 Å². The number of benzene rings is 1. The smallest absolute Gasteiger partial charge is 0.410 e. The van der Waals surface area contributed by atoms with Crippen molar-refractivity contribution in [1.82, 2.24) is 19.4 Å². The third-order valence-corrected chi connectivity index (χ3v) is 8.82. The average molecular weight is 725 g/mol. The van der Waals surface area contributed by atoms with Crippen LogP contribution in [0.3, 0.4) is 0 Å². The maximum Gasteiger partial charge on any atom is 0.410 e. The number of hydrogen-bond acceptors (Lipinski definition) is 10. The van der Waals surface area contributed by atoms with Crippen molar-refractivity contribution in [2.75, 3.05) is 25.1 Å². The van der Waals surface area contributed by atoms with Crippen LogP contribution in [0, 0.1) is 22.9 Å². The van der Waals surface area contributed by atoms with Gasteiger partial charge < -0.3 is 24.4 Å². The number of fused-ring (bicyclic) bond motifs is 1. The van der Waals surface area contributed by atoms with Gasteiger partial charge in [-0.1, -0.05) is 31.5 Å². The van der Waals surface area contributed by atoms with Crippen molar-refractivity contribution in [3.05, 3.63) is 79.1 Å². The Kier molecular flexibility index (Phi) is 9.98. The number of aryl methyl sites for hydroxylation is 1. The second kappa shape index (κ2) is 13.8. The van der Waals surface area contributed by atoms with Crippen molar-refractivity contribution >= 4 is 46.1 Å². The number of carbonyl (C=O) groups is 2. The lowest BCUT2D eigenvalue weighted by Gasteiger charge is -2.44. The zero-order chi connectivity index (χ0) is 37.7. The normalized spacial score (nSPS) is 16.5. The number of anilines is 1. The summed E-state index contributed by atoms with van der Waals surface area (Å²) in [5, 5.41) is 23.3. The fraction of sp³-hybridized carbons (Fsp3) is 0.400. The topological polar surface area (TPSA) is 170 Å². The minimum atomic E-state index is -1.57. The van der Waals surface area contributed by atoms with Crippen molar-refractivity contribution in [3.63, 3.8) is 0 Å². The molecule has 4 heterocycles. The summed E-state index contributed by atoms with van der Waals surface area (Å²) in [4.78, 5) is 64.5. The molecular weight excluding hydrogens is 687 g/mol. The van der Waals surface area contributed by atoms with Gasteiger partial charge in [-0.2, -0.15) is 0 Å². The first kappa shape index (κ1) is 37.0. The number of rotatable bonds is 7. The summed E-state index contributed by atoms with van der Waals surface area (Å²) in [6.45, 7) is 11.3. The Balaban J connectivity index is 1.93. The van der Waals surface area contributed by atoms with E-state index in [0.717, 1.165) is 4.57 Å². The van der Waals surface area contributed by atoms with Crippen LogP contribution in [0.25, 0.3) is 28.0 Å². The van der Waals surface area contributed by atoms with E-state index in [-0.39, 0.29) is 56.9 Å². The van der Waals surface area contributed by atoms with E-state index in [0.29, 0.717) is 11.3 Å². The van der Waals surface area contributed by atoms with Gasteiger partial charge in [-0.3, -0.25) is 24.5 Å². The van der Waals surface area contributed by atoms with Crippen LogP contribution in [0.2, 0.25) is 5.02 Å². The molecule has 0 bridgehead atoms. The fourth-order valence-electron chi connectivity index (χ4n) is 6.29. The minimum Gasteiger partial charge on any atom is -0.496 e. The highest BCUT2D eigenvalue weighted by atomic mass is 35.5. The standard InChI is InChI=1S/C35H38ClFN6O8/c1-17(2)26-28(18(3)12-13-38-26)42-31-20(14-21(36)27(39-31)25-22(37)10-9-11-24(25)50-8)29(30(32(42)44)43(48)49)41-15-19(4)40(16-23(41)33(45)46)34(47)51-35(5,6)7/h9-14,17,19,23H,15-16H2,1-8H3,(H,45,46)/t19-,23-/m1/s1. The number of hydrogen-bond donors (Lipinski definition) is 1. The molecule has 1 N–H and O–H groups in total. The van der Waals surface area contributed by atoms with Crippen LogP contribution in [0.4, 0.5) is 20.6 Å². The SMILES string of the molecule is COc1cccc(F)c1-c1nc2c(cc1Cl)c(N1C[C@@H](C)N(C(=O)OC(C)(C)C)C[C@@H]1C(=O)O)c([N+](=O)[O-])c(=O)n2-c1c(C)ccnc1C(C)C. The largest absolute Gasteiger partial charge is 0.496 e. The van der Waals surface area contributed by atoms with Gasteiger partial charge in [-0.05, 0) is 70.4 Å². The van der Waals surface area contributed by atoms with Crippen LogP contribution in [-0.4, -0.2) is 79.4 Å². The summed E-state index contributed by atoms with van der Waals surface area (Å²) in [6, 6.07) is 4.75. The third-order valence-electron chi connectivity index (χ3n) is 8.53. The number of carboxylic acid groups (broad SMARTS) is 1. The van der Waals surface area contributed by atoms with Gasteiger partial charge in [0.15, 0.2) is 5.65 Å². The molecule has 1 aliphatic heterocycles. The van der Waals surface area contributed by atoms with E-state index >= 15 is 4.39 Å². The van der Waals surface area contributed by atoms with Gasteiger partial charge in [0.1, 0.15) is 28.9 Å². The van der Waals surface area contributed by atoms with Gasteiger partial charge in [-0.15, -0.1) is 0 Å². The number of carboxylic acids is 1. The number of aromatic nitrogens is 3. The summed E-state index contributed by atoms with van der Waals surface area (Å²) in [6.07, 6.45) is 0.782. The number of nitrogens with zero attached hydrogens (tertiary/aromatic N) is 6. The molecule has 1 aliphatic rings. The second-order valence-electron chi connectivity index (χ2n) is 13.6. The van der Waals surface area contributed by atoms with Gasteiger partial charge >= 0.3 is 23.3 Å². The van der Waals surface area contributed by atoms with Gasteiger partial charge in [0.05, 0.1) is 51.6 Å². The first-order valence-electron chi connectivity index (χ1n) is 16.1. The predicted octanol–water partition coefficient (Wildman–Crippen LogP) is 6.49. The molecule has 1 aromatic carbocycles. The van der Waals surface area contributed by atoms with E-state index < -0.39 is 58.3 Å². The lowest BCUT2D eigenvalue weighted by Crippen LogP contribution is -2.62. The summed E-state index contributed by atoms with van der Waals surface area (Å²) in [5.74, 6) is -2.34. The van der Waals surface area contributed by atoms with E-state index in [4.69, 9.17) is 26.1 Å². The Morgan fingerprint density at radius 2 is 1.86 bits per heavy atom. The van der Waals surface area contributed by atoms with Crippen molar-refractivity contribution in [2.24, 2.45) is 0 Å². The summed E-state index contributed by atoms with van der Waals surface area (Å²) in [7, 11) is 1.34. The Labute approximate surface area is 297 Å². The molecule has 0 aliphatic carbocycles. The number of carbonyl (C=O) groups excluding carboxylic acids is 1. The highest BCUT2D eigenvalue weighted by Crippen LogP contribution is 2.43. The molecule has 0 saturated carbocycles. The van der Waals surface area contributed by atoms with E-state index in [1.54, 1.807) is 46.9 Å². The van der Waals surface area contributed by atoms with Gasteiger partial charge in [0.25, 0.3) is 0 Å². The lowest BCUT2D eigenvalue weighted by atomic mass is 10.0. The number of aliphatic carboxylic acids is 1. The van der Waals surface area contributed by atoms with Crippen LogP contribution in [0.1, 0.15) is 58.7 Å². The number of pyridine rings is 3. The molecular formula is C35H38ClFN6O8. The molecule has 3 aromatic heterocycles. The number of amides is 1. The fourth-order valence-corrected chi connectivity index (χ4v) is 6.54. The van der Waals surface area contributed by atoms with E-state index in [1.165, 1.54) is 41.2 Å². The molecule has 14 nitrogen and oxygen atoms in total. The van der Waals surface area contributed by atoms with Gasteiger partial charge in [0.2, 0.25) is 0 Å². The van der Waals surface area contributed by atoms with Crippen molar-refractivity contribution < 1.29 is 33.5 Å². The number of halogens is 2. The number of ether oxygens (including phenoxy) is 2. The maximum absolute atomic E-state index is 15.5. The monoisotopic (exact) mass is 724 g/mol. The third kappa shape index (κ3) is 6.77. The Morgan fingerprint density at radius 3 is 2.45 bits per heavy atom. The molecule has 0 radical (unpaired) electrons. The molecule has 0 spiro atoms. The van der Waals surface area contributed by atoms with Gasteiger partial charge in [0, 0.05) is 18.8 Å². The number of piperazine rings is 1. The number of nitro groups is 1. The maximum atomic E-state index is 15.5.